The Morgan fingerprint density at radius 3 is 2.46 bits per heavy atom. The number of hydrogen-bond acceptors (Lipinski definition) is 4. The molecule has 6 nitrogen and oxygen atoms in total. The monoisotopic (exact) mass is 325 g/mol. The van der Waals surface area contributed by atoms with Crippen LogP contribution in [-0.4, -0.2) is 30.9 Å². The molecule has 1 atom stereocenters. The molecule has 2 aromatic carbocycles. The number of amides is 2. The van der Waals surface area contributed by atoms with Crippen molar-refractivity contribution in [1.82, 2.24) is 10.6 Å². The number of nitrogens with one attached hydrogen (secondary N) is 3. The minimum absolute atomic E-state index is 0.105. The Kier molecular flexibility index (Phi) is 5.08. The quantitative estimate of drug-likeness (QED) is 0.784. The maximum Gasteiger partial charge on any atom is 0.237 e. The number of carbonyl (C=O) groups is 2. The molecule has 6 heteroatoms. The van der Waals surface area contributed by atoms with Gasteiger partial charge < -0.3 is 20.7 Å². The van der Waals surface area contributed by atoms with Gasteiger partial charge in [-0.05, 0) is 36.4 Å². The van der Waals surface area contributed by atoms with Crippen molar-refractivity contribution in [1.29, 1.82) is 0 Å². The number of benzene rings is 2. The summed E-state index contributed by atoms with van der Waals surface area (Å²) in [6.45, 7) is 1.27. The summed E-state index contributed by atoms with van der Waals surface area (Å²) in [5.41, 5.74) is 0.664. The van der Waals surface area contributed by atoms with Crippen LogP contribution in [0.2, 0.25) is 0 Å². The van der Waals surface area contributed by atoms with E-state index in [-0.39, 0.29) is 18.2 Å². The standard InChI is InChI=1S/C18H19N3O3/c22-17(12-16-18(23)20-11-10-19-16)21-13-6-8-15(9-7-13)24-14-4-2-1-3-5-14/h1-9,16,19H,10-12H2,(H,20,23)(H,21,22)/t16-/m1/s1. The van der Waals surface area contributed by atoms with E-state index in [0.717, 1.165) is 5.75 Å². The highest BCUT2D eigenvalue weighted by Gasteiger charge is 2.23. The molecule has 3 N–H and O–H groups in total. The van der Waals surface area contributed by atoms with Crippen molar-refractivity contribution in [3.8, 4) is 11.5 Å². The molecule has 0 spiro atoms. The smallest absolute Gasteiger partial charge is 0.237 e. The fourth-order valence-electron chi connectivity index (χ4n) is 2.44. The van der Waals surface area contributed by atoms with Gasteiger partial charge in [0.1, 0.15) is 11.5 Å². The molecular weight excluding hydrogens is 306 g/mol. The van der Waals surface area contributed by atoms with Crippen molar-refractivity contribution < 1.29 is 14.3 Å². The fraction of sp³-hybridized carbons (Fsp3) is 0.222. The second-order valence-corrected chi connectivity index (χ2v) is 5.49. The van der Waals surface area contributed by atoms with Crippen LogP contribution in [0.15, 0.2) is 54.6 Å². The number of ether oxygens (including phenoxy) is 1. The zero-order chi connectivity index (χ0) is 16.8. The van der Waals surface area contributed by atoms with Crippen LogP contribution >= 0.6 is 0 Å². The van der Waals surface area contributed by atoms with E-state index in [1.165, 1.54) is 0 Å². The molecule has 0 radical (unpaired) electrons. The third-order valence-corrected chi connectivity index (χ3v) is 3.64. The van der Waals surface area contributed by atoms with Gasteiger partial charge in [-0.3, -0.25) is 9.59 Å². The topological polar surface area (TPSA) is 79.5 Å². The molecule has 1 aliphatic heterocycles. The molecule has 24 heavy (non-hydrogen) atoms. The summed E-state index contributed by atoms with van der Waals surface area (Å²) >= 11 is 0. The highest BCUT2D eigenvalue weighted by molar-refractivity contribution is 5.95. The van der Waals surface area contributed by atoms with E-state index >= 15 is 0 Å². The van der Waals surface area contributed by atoms with E-state index in [0.29, 0.717) is 24.5 Å². The molecule has 2 aromatic rings. The van der Waals surface area contributed by atoms with E-state index in [2.05, 4.69) is 16.0 Å². The average molecular weight is 325 g/mol. The SMILES string of the molecule is O=C(C[C@H]1NCCNC1=O)Nc1ccc(Oc2ccccc2)cc1. The Morgan fingerprint density at radius 1 is 1.04 bits per heavy atom. The van der Waals surface area contributed by atoms with Crippen LogP contribution in [0.25, 0.3) is 0 Å². The van der Waals surface area contributed by atoms with Crippen molar-refractivity contribution in [2.45, 2.75) is 12.5 Å². The van der Waals surface area contributed by atoms with Crippen LogP contribution in [0.1, 0.15) is 6.42 Å². The van der Waals surface area contributed by atoms with Gasteiger partial charge >= 0.3 is 0 Å². The van der Waals surface area contributed by atoms with Crippen molar-refractivity contribution in [2.24, 2.45) is 0 Å². The zero-order valence-electron chi connectivity index (χ0n) is 13.1. The lowest BCUT2D eigenvalue weighted by Gasteiger charge is -2.22. The number of hydrogen-bond donors (Lipinski definition) is 3. The summed E-state index contributed by atoms with van der Waals surface area (Å²) in [5, 5.41) is 8.55. The number of anilines is 1. The van der Waals surface area contributed by atoms with Crippen LogP contribution in [0.4, 0.5) is 5.69 Å². The summed E-state index contributed by atoms with van der Waals surface area (Å²) in [6, 6.07) is 16.1. The molecule has 2 amide bonds. The zero-order valence-corrected chi connectivity index (χ0v) is 13.1. The summed E-state index contributed by atoms with van der Waals surface area (Å²) in [7, 11) is 0. The minimum Gasteiger partial charge on any atom is -0.457 e. The molecule has 0 unspecified atom stereocenters. The maximum atomic E-state index is 12.0. The Balaban J connectivity index is 1.54. The highest BCUT2D eigenvalue weighted by atomic mass is 16.5. The first-order chi connectivity index (χ1) is 11.7. The summed E-state index contributed by atoms with van der Waals surface area (Å²) in [5.74, 6) is 1.10. The lowest BCUT2D eigenvalue weighted by molar-refractivity contribution is -0.127. The Morgan fingerprint density at radius 2 is 1.75 bits per heavy atom. The van der Waals surface area contributed by atoms with Gasteiger partial charge in [0.05, 0.1) is 12.5 Å². The molecular formula is C18H19N3O3. The van der Waals surface area contributed by atoms with E-state index in [9.17, 15) is 9.59 Å². The fourth-order valence-corrected chi connectivity index (χ4v) is 2.44. The minimum atomic E-state index is -0.473. The normalized spacial score (nSPS) is 17.0. The molecule has 1 fully saturated rings. The number of rotatable bonds is 5. The lowest BCUT2D eigenvalue weighted by atomic mass is 10.1. The Labute approximate surface area is 140 Å². The molecule has 0 saturated carbocycles. The summed E-state index contributed by atoms with van der Waals surface area (Å²) in [4.78, 5) is 23.7. The number of para-hydroxylation sites is 1. The first kappa shape index (κ1) is 16.0. The van der Waals surface area contributed by atoms with Crippen LogP contribution in [0, 0.1) is 0 Å². The van der Waals surface area contributed by atoms with E-state index in [1.54, 1.807) is 24.3 Å². The average Bonchev–Trinajstić information content (AvgIpc) is 2.60. The largest absolute Gasteiger partial charge is 0.457 e. The van der Waals surface area contributed by atoms with Crippen LogP contribution in [0.5, 0.6) is 11.5 Å². The molecule has 0 aliphatic carbocycles. The van der Waals surface area contributed by atoms with Crippen LogP contribution in [0.3, 0.4) is 0 Å². The molecule has 1 aliphatic rings. The van der Waals surface area contributed by atoms with Gasteiger partial charge in [0, 0.05) is 18.8 Å². The second kappa shape index (κ2) is 7.61. The van der Waals surface area contributed by atoms with Crippen molar-refractivity contribution in [3.63, 3.8) is 0 Å². The van der Waals surface area contributed by atoms with E-state index < -0.39 is 6.04 Å². The van der Waals surface area contributed by atoms with Gasteiger partial charge in [-0.15, -0.1) is 0 Å². The Bertz CT molecular complexity index is 701. The predicted molar refractivity (Wildman–Crippen MR) is 91.0 cm³/mol. The number of carbonyl (C=O) groups excluding carboxylic acids is 2. The third-order valence-electron chi connectivity index (χ3n) is 3.64. The van der Waals surface area contributed by atoms with E-state index in [1.807, 2.05) is 30.3 Å². The van der Waals surface area contributed by atoms with Gasteiger partial charge in [0.2, 0.25) is 11.8 Å². The van der Waals surface area contributed by atoms with Gasteiger partial charge in [-0.25, -0.2) is 0 Å². The van der Waals surface area contributed by atoms with Gasteiger partial charge in [-0.1, -0.05) is 18.2 Å². The van der Waals surface area contributed by atoms with Gasteiger partial charge in [-0.2, -0.15) is 0 Å². The van der Waals surface area contributed by atoms with E-state index in [4.69, 9.17) is 4.74 Å². The Hall–Kier alpha value is -2.86. The molecule has 124 valence electrons. The van der Waals surface area contributed by atoms with Crippen molar-refractivity contribution in [2.75, 3.05) is 18.4 Å². The van der Waals surface area contributed by atoms with Crippen LogP contribution < -0.4 is 20.7 Å². The first-order valence-electron chi connectivity index (χ1n) is 7.84. The molecule has 3 rings (SSSR count). The van der Waals surface area contributed by atoms with Crippen molar-refractivity contribution >= 4 is 17.5 Å². The van der Waals surface area contributed by atoms with Gasteiger partial charge in [0.15, 0.2) is 0 Å². The summed E-state index contributed by atoms with van der Waals surface area (Å²) < 4.78 is 5.70. The number of piperazine rings is 1. The third kappa shape index (κ3) is 4.33. The molecule has 1 saturated heterocycles. The first-order valence-corrected chi connectivity index (χ1v) is 7.84. The molecule has 1 heterocycles. The summed E-state index contributed by atoms with van der Waals surface area (Å²) in [6.07, 6.45) is 0.105. The highest BCUT2D eigenvalue weighted by Crippen LogP contribution is 2.22. The molecule has 0 aromatic heterocycles. The maximum absolute atomic E-state index is 12.0. The van der Waals surface area contributed by atoms with Gasteiger partial charge in [0.25, 0.3) is 0 Å². The van der Waals surface area contributed by atoms with Crippen molar-refractivity contribution in [3.05, 3.63) is 54.6 Å². The molecule has 0 bridgehead atoms. The van der Waals surface area contributed by atoms with Crippen LogP contribution in [-0.2, 0) is 9.59 Å². The predicted octanol–water partition coefficient (Wildman–Crippen LogP) is 1.90. The second-order valence-electron chi connectivity index (χ2n) is 5.49. The lowest BCUT2D eigenvalue weighted by Crippen LogP contribution is -2.53.